The van der Waals surface area contributed by atoms with E-state index in [1.54, 1.807) is 12.1 Å². The minimum atomic E-state index is -0.567. The number of esters is 1. The summed E-state index contributed by atoms with van der Waals surface area (Å²) in [4.78, 5) is 23.6. The van der Waals surface area contributed by atoms with Gasteiger partial charge in [-0.05, 0) is 37.3 Å². The van der Waals surface area contributed by atoms with Crippen molar-refractivity contribution in [3.05, 3.63) is 42.5 Å². The van der Waals surface area contributed by atoms with E-state index < -0.39 is 6.09 Å². The number of amides is 1. The molecule has 0 aliphatic heterocycles. The van der Waals surface area contributed by atoms with Crippen LogP contribution >= 0.6 is 0 Å². The molecule has 2 aliphatic rings. The fourth-order valence-electron chi connectivity index (χ4n) is 3.48. The molecule has 1 amide bonds. The molecule has 0 saturated heterocycles. The summed E-state index contributed by atoms with van der Waals surface area (Å²) in [5.74, 6) is 0.261. The Kier molecular flexibility index (Phi) is 4.37. The normalized spacial score (nSPS) is 24.4. The fraction of sp³-hybridized carbons (Fsp3) is 0.444. The van der Waals surface area contributed by atoms with Gasteiger partial charge in [0.1, 0.15) is 13.2 Å². The third kappa shape index (κ3) is 3.38. The second-order valence-electron chi connectivity index (χ2n) is 6.19. The monoisotopic (exact) mass is 315 g/mol. The van der Waals surface area contributed by atoms with Crippen LogP contribution in [0.4, 0.5) is 10.5 Å². The Bertz CT molecular complexity index is 613. The summed E-state index contributed by atoms with van der Waals surface area (Å²) < 4.78 is 10.1. The van der Waals surface area contributed by atoms with Crippen LogP contribution in [0.2, 0.25) is 0 Å². The number of rotatable bonds is 6. The summed E-state index contributed by atoms with van der Waals surface area (Å²) in [6, 6.07) is 9.01. The molecule has 2 atom stereocenters. The summed E-state index contributed by atoms with van der Waals surface area (Å²) in [6.07, 6.45) is 3.90. The molecule has 5 nitrogen and oxygen atoms in total. The van der Waals surface area contributed by atoms with Crippen LogP contribution in [0.15, 0.2) is 42.5 Å². The topological polar surface area (TPSA) is 64.6 Å². The number of hydrogen-bond acceptors (Lipinski definition) is 4. The summed E-state index contributed by atoms with van der Waals surface area (Å²) in [7, 11) is 0. The van der Waals surface area contributed by atoms with Gasteiger partial charge in [0.05, 0.1) is 0 Å². The maximum absolute atomic E-state index is 12.0. The molecule has 122 valence electrons. The Morgan fingerprint density at radius 2 is 1.96 bits per heavy atom. The van der Waals surface area contributed by atoms with Crippen molar-refractivity contribution in [2.75, 3.05) is 18.5 Å². The number of fused-ring (bicyclic) bond motifs is 1. The molecule has 3 rings (SSSR count). The lowest BCUT2D eigenvalue weighted by Crippen LogP contribution is -2.20. The van der Waals surface area contributed by atoms with Gasteiger partial charge in [0.15, 0.2) is 0 Å². The van der Waals surface area contributed by atoms with Gasteiger partial charge in [0.2, 0.25) is 0 Å². The largest absolute Gasteiger partial charge is 0.459 e. The van der Waals surface area contributed by atoms with E-state index in [1.807, 2.05) is 18.2 Å². The minimum absolute atomic E-state index is 0.0165. The molecule has 2 fully saturated rings. The number of para-hydroxylation sites is 1. The van der Waals surface area contributed by atoms with Gasteiger partial charge in [-0.1, -0.05) is 31.2 Å². The van der Waals surface area contributed by atoms with E-state index in [9.17, 15) is 9.59 Å². The Balaban J connectivity index is 1.34. The molecule has 0 radical (unpaired) electrons. The van der Waals surface area contributed by atoms with Gasteiger partial charge in [0, 0.05) is 16.7 Å². The molecule has 2 saturated carbocycles. The lowest BCUT2D eigenvalue weighted by Gasteiger charge is -2.14. The average molecular weight is 315 g/mol. The first-order valence-electron chi connectivity index (χ1n) is 7.97. The number of benzene rings is 1. The van der Waals surface area contributed by atoms with Crippen LogP contribution in [0.5, 0.6) is 0 Å². The molecule has 2 unspecified atom stereocenters. The number of anilines is 1. The Labute approximate surface area is 135 Å². The van der Waals surface area contributed by atoms with Gasteiger partial charge in [0.25, 0.3) is 0 Å². The zero-order valence-electron chi connectivity index (χ0n) is 13.0. The first kappa shape index (κ1) is 15.6. The lowest BCUT2D eigenvalue weighted by molar-refractivity contribution is -0.140. The summed E-state index contributed by atoms with van der Waals surface area (Å²) in [6.45, 7) is 3.99. The number of hydrogen-bond donors (Lipinski definition) is 1. The van der Waals surface area contributed by atoms with Crippen molar-refractivity contribution < 1.29 is 19.1 Å². The highest BCUT2D eigenvalue weighted by Crippen LogP contribution is 2.67. The molecular weight excluding hydrogens is 294 g/mol. The zero-order valence-corrected chi connectivity index (χ0v) is 13.0. The van der Waals surface area contributed by atoms with E-state index in [4.69, 9.17) is 9.47 Å². The first-order chi connectivity index (χ1) is 11.1. The summed E-state index contributed by atoms with van der Waals surface area (Å²) in [5.41, 5.74) is 1.26. The lowest BCUT2D eigenvalue weighted by atomic mass is 9.94. The van der Waals surface area contributed by atoms with Crippen molar-refractivity contribution in [3.8, 4) is 0 Å². The van der Waals surface area contributed by atoms with Crippen LogP contribution in [-0.2, 0) is 14.3 Å². The number of carbonyl (C=O) groups is 2. The molecule has 23 heavy (non-hydrogen) atoms. The minimum Gasteiger partial charge on any atom is -0.459 e. The average Bonchev–Trinajstić information content (AvgIpc) is 3.13. The van der Waals surface area contributed by atoms with Gasteiger partial charge in [-0.3, -0.25) is 5.32 Å². The smallest absolute Gasteiger partial charge is 0.411 e. The van der Waals surface area contributed by atoms with Crippen LogP contribution in [0, 0.1) is 11.3 Å². The van der Waals surface area contributed by atoms with Crippen molar-refractivity contribution in [1.29, 1.82) is 0 Å². The van der Waals surface area contributed by atoms with Crippen molar-refractivity contribution in [2.24, 2.45) is 11.3 Å². The predicted octanol–water partition coefficient (Wildman–Crippen LogP) is 3.52. The van der Waals surface area contributed by atoms with E-state index in [-0.39, 0.29) is 24.6 Å². The first-order valence-corrected chi connectivity index (χ1v) is 7.97. The molecule has 5 heteroatoms. The SMILES string of the molecule is C=C(C(=O)OCCOC(=O)Nc1ccccc1)C12CCCC1C2. The molecular formula is C18H21NO4. The van der Waals surface area contributed by atoms with Crippen LogP contribution in [0.25, 0.3) is 0 Å². The van der Waals surface area contributed by atoms with Gasteiger partial charge in [-0.2, -0.15) is 0 Å². The van der Waals surface area contributed by atoms with Crippen molar-refractivity contribution in [3.63, 3.8) is 0 Å². The fourth-order valence-corrected chi connectivity index (χ4v) is 3.48. The quantitative estimate of drug-likeness (QED) is 0.495. The number of nitrogens with one attached hydrogen (secondary N) is 1. The second kappa shape index (κ2) is 6.44. The Hall–Kier alpha value is -2.30. The standard InChI is InChI=1S/C18H21NO4/c1-13(18-9-5-6-14(18)12-18)16(20)22-10-11-23-17(21)19-15-7-3-2-4-8-15/h2-4,7-8,14H,1,5-6,9-12H2,(H,19,21). The molecule has 0 bridgehead atoms. The third-order valence-corrected chi connectivity index (χ3v) is 4.82. The van der Waals surface area contributed by atoms with Crippen LogP contribution in [0.1, 0.15) is 25.7 Å². The number of ether oxygens (including phenoxy) is 2. The highest BCUT2D eigenvalue weighted by atomic mass is 16.6. The summed E-state index contributed by atoms with van der Waals surface area (Å²) >= 11 is 0. The van der Waals surface area contributed by atoms with Crippen LogP contribution in [-0.4, -0.2) is 25.3 Å². The van der Waals surface area contributed by atoms with Crippen molar-refractivity contribution in [1.82, 2.24) is 0 Å². The molecule has 0 aromatic heterocycles. The summed E-state index contributed by atoms with van der Waals surface area (Å²) in [5, 5.41) is 2.59. The predicted molar refractivity (Wildman–Crippen MR) is 85.9 cm³/mol. The van der Waals surface area contributed by atoms with Crippen molar-refractivity contribution >= 4 is 17.7 Å². The van der Waals surface area contributed by atoms with Gasteiger partial charge in [-0.15, -0.1) is 0 Å². The Morgan fingerprint density at radius 3 is 2.61 bits per heavy atom. The molecule has 0 spiro atoms. The maximum atomic E-state index is 12.0. The third-order valence-electron chi connectivity index (χ3n) is 4.82. The van der Waals surface area contributed by atoms with E-state index in [0.29, 0.717) is 17.2 Å². The maximum Gasteiger partial charge on any atom is 0.411 e. The van der Waals surface area contributed by atoms with E-state index in [1.165, 1.54) is 12.8 Å². The van der Waals surface area contributed by atoms with Gasteiger partial charge < -0.3 is 9.47 Å². The van der Waals surface area contributed by atoms with E-state index in [0.717, 1.165) is 12.8 Å². The molecule has 1 N–H and O–H groups in total. The highest BCUT2D eigenvalue weighted by molar-refractivity contribution is 5.90. The van der Waals surface area contributed by atoms with Crippen LogP contribution in [0.3, 0.4) is 0 Å². The second-order valence-corrected chi connectivity index (χ2v) is 6.19. The highest BCUT2D eigenvalue weighted by Gasteiger charge is 2.60. The molecule has 0 heterocycles. The van der Waals surface area contributed by atoms with Crippen LogP contribution < -0.4 is 5.32 Å². The van der Waals surface area contributed by atoms with Crippen molar-refractivity contribution in [2.45, 2.75) is 25.7 Å². The van der Waals surface area contributed by atoms with Gasteiger partial charge >= 0.3 is 12.1 Å². The molecule has 2 aliphatic carbocycles. The zero-order chi connectivity index (χ0) is 16.3. The van der Waals surface area contributed by atoms with E-state index >= 15 is 0 Å². The Morgan fingerprint density at radius 1 is 1.22 bits per heavy atom. The van der Waals surface area contributed by atoms with E-state index in [2.05, 4.69) is 11.9 Å². The number of carbonyl (C=O) groups excluding carboxylic acids is 2. The molecule has 1 aromatic carbocycles. The molecule has 1 aromatic rings. The van der Waals surface area contributed by atoms with Gasteiger partial charge in [-0.25, -0.2) is 9.59 Å².